The summed E-state index contributed by atoms with van der Waals surface area (Å²) in [6, 6.07) is -0.191. The van der Waals surface area contributed by atoms with Crippen molar-refractivity contribution in [3.8, 4) is 0 Å². The first-order valence-corrected chi connectivity index (χ1v) is 9.17. The first-order valence-electron chi connectivity index (χ1n) is 9.17. The lowest BCUT2D eigenvalue weighted by Crippen LogP contribution is -2.61. The SMILES string of the molecule is CC(=O)C(NC(=O)C1CCC2CN(C)CC(=O)N21)N1CCC(N)CC1. The summed E-state index contributed by atoms with van der Waals surface area (Å²) in [7, 11) is 1.93. The number of hydrogen-bond donors (Lipinski definition) is 2. The molecule has 8 heteroatoms. The van der Waals surface area contributed by atoms with Gasteiger partial charge in [0.25, 0.3) is 0 Å². The smallest absolute Gasteiger partial charge is 0.244 e. The molecule has 25 heavy (non-hydrogen) atoms. The van der Waals surface area contributed by atoms with Gasteiger partial charge in [0, 0.05) is 31.7 Å². The van der Waals surface area contributed by atoms with Crippen molar-refractivity contribution >= 4 is 17.6 Å². The molecule has 0 aromatic heterocycles. The summed E-state index contributed by atoms with van der Waals surface area (Å²) in [5.41, 5.74) is 5.93. The summed E-state index contributed by atoms with van der Waals surface area (Å²) in [5, 5.41) is 2.90. The third-order valence-electron chi connectivity index (χ3n) is 5.62. The number of Topliss-reactive ketones (excluding diaryl/α,β-unsaturated/α-hetero) is 1. The van der Waals surface area contributed by atoms with Gasteiger partial charge in [-0.2, -0.15) is 0 Å². The van der Waals surface area contributed by atoms with Crippen LogP contribution in [0.1, 0.15) is 32.6 Å². The molecule has 0 aromatic rings. The van der Waals surface area contributed by atoms with Gasteiger partial charge >= 0.3 is 0 Å². The van der Waals surface area contributed by atoms with E-state index in [1.165, 1.54) is 6.92 Å². The van der Waals surface area contributed by atoms with Crippen LogP contribution >= 0.6 is 0 Å². The van der Waals surface area contributed by atoms with Crippen LogP contribution in [0.3, 0.4) is 0 Å². The van der Waals surface area contributed by atoms with Gasteiger partial charge in [-0.25, -0.2) is 0 Å². The van der Waals surface area contributed by atoms with Crippen molar-refractivity contribution in [1.82, 2.24) is 20.0 Å². The molecule has 3 N–H and O–H groups in total. The van der Waals surface area contributed by atoms with Gasteiger partial charge in [0.15, 0.2) is 5.78 Å². The molecule has 8 nitrogen and oxygen atoms in total. The zero-order chi connectivity index (χ0) is 18.1. The van der Waals surface area contributed by atoms with E-state index in [4.69, 9.17) is 5.73 Å². The molecule has 0 radical (unpaired) electrons. The van der Waals surface area contributed by atoms with E-state index in [0.717, 1.165) is 25.8 Å². The van der Waals surface area contributed by atoms with Crippen LogP contribution < -0.4 is 11.1 Å². The van der Waals surface area contributed by atoms with Crippen molar-refractivity contribution in [3.63, 3.8) is 0 Å². The van der Waals surface area contributed by atoms with Gasteiger partial charge in [-0.05, 0) is 39.7 Å². The van der Waals surface area contributed by atoms with Crippen LogP contribution in [-0.2, 0) is 14.4 Å². The lowest BCUT2D eigenvalue weighted by Gasteiger charge is -2.39. The Balaban J connectivity index is 1.65. The van der Waals surface area contributed by atoms with Crippen LogP contribution in [-0.4, -0.2) is 89.8 Å². The molecule has 3 aliphatic rings. The lowest BCUT2D eigenvalue weighted by molar-refractivity contribution is -0.146. The summed E-state index contributed by atoms with van der Waals surface area (Å²) in [5.74, 6) is -0.293. The van der Waals surface area contributed by atoms with Gasteiger partial charge in [-0.1, -0.05) is 0 Å². The number of piperidine rings is 1. The van der Waals surface area contributed by atoms with Crippen molar-refractivity contribution in [1.29, 1.82) is 0 Å². The van der Waals surface area contributed by atoms with Gasteiger partial charge in [-0.15, -0.1) is 0 Å². The Bertz CT molecular complexity index is 546. The van der Waals surface area contributed by atoms with Gasteiger partial charge in [0.2, 0.25) is 11.8 Å². The third-order valence-corrected chi connectivity index (χ3v) is 5.62. The number of fused-ring (bicyclic) bond motifs is 1. The minimum atomic E-state index is -0.624. The number of nitrogens with zero attached hydrogens (tertiary/aromatic N) is 3. The van der Waals surface area contributed by atoms with Crippen LogP contribution in [0.5, 0.6) is 0 Å². The Morgan fingerprint density at radius 3 is 2.52 bits per heavy atom. The zero-order valence-corrected chi connectivity index (χ0v) is 15.1. The highest BCUT2D eigenvalue weighted by molar-refractivity contribution is 5.93. The van der Waals surface area contributed by atoms with E-state index in [2.05, 4.69) is 5.32 Å². The molecule has 0 saturated carbocycles. The number of nitrogens with one attached hydrogen (secondary N) is 1. The van der Waals surface area contributed by atoms with Crippen molar-refractivity contribution in [3.05, 3.63) is 0 Å². The highest BCUT2D eigenvalue weighted by Gasteiger charge is 2.44. The molecule has 2 amide bonds. The van der Waals surface area contributed by atoms with E-state index < -0.39 is 12.2 Å². The molecule has 0 bridgehead atoms. The second kappa shape index (κ2) is 7.39. The van der Waals surface area contributed by atoms with E-state index in [1.807, 2.05) is 16.8 Å². The first-order chi connectivity index (χ1) is 11.9. The predicted molar refractivity (Wildman–Crippen MR) is 92.5 cm³/mol. The van der Waals surface area contributed by atoms with Crippen molar-refractivity contribution in [2.24, 2.45) is 5.73 Å². The lowest BCUT2D eigenvalue weighted by atomic mass is 10.0. The average Bonchev–Trinajstić information content (AvgIpc) is 2.97. The maximum absolute atomic E-state index is 12.8. The minimum Gasteiger partial charge on any atom is -0.332 e. The fraction of sp³-hybridized carbons (Fsp3) is 0.824. The Labute approximate surface area is 148 Å². The summed E-state index contributed by atoms with van der Waals surface area (Å²) in [4.78, 5) is 43.0. The van der Waals surface area contributed by atoms with Crippen molar-refractivity contribution < 1.29 is 14.4 Å². The highest BCUT2D eigenvalue weighted by Crippen LogP contribution is 2.28. The van der Waals surface area contributed by atoms with E-state index in [-0.39, 0.29) is 29.7 Å². The van der Waals surface area contributed by atoms with Crippen LogP contribution in [0.2, 0.25) is 0 Å². The number of carbonyl (C=O) groups excluding carboxylic acids is 3. The molecule has 3 heterocycles. The number of hydrogen-bond acceptors (Lipinski definition) is 6. The molecule has 0 aromatic carbocycles. The number of amides is 2. The molecular weight excluding hydrogens is 322 g/mol. The molecule has 3 atom stereocenters. The van der Waals surface area contributed by atoms with E-state index in [9.17, 15) is 14.4 Å². The largest absolute Gasteiger partial charge is 0.332 e. The molecule has 3 fully saturated rings. The quantitative estimate of drug-likeness (QED) is 0.656. The van der Waals surface area contributed by atoms with E-state index >= 15 is 0 Å². The summed E-state index contributed by atoms with van der Waals surface area (Å²) >= 11 is 0. The maximum Gasteiger partial charge on any atom is 0.244 e. The molecule has 140 valence electrons. The predicted octanol–water partition coefficient (Wildman–Crippen LogP) is -1.25. The Hall–Kier alpha value is -1.51. The summed E-state index contributed by atoms with van der Waals surface area (Å²) < 4.78 is 0. The Morgan fingerprint density at radius 1 is 1.20 bits per heavy atom. The van der Waals surface area contributed by atoms with E-state index in [0.29, 0.717) is 26.1 Å². The van der Waals surface area contributed by atoms with Gasteiger partial charge < -0.3 is 16.0 Å². The Kier molecular flexibility index (Phi) is 5.41. The van der Waals surface area contributed by atoms with Crippen LogP contribution in [0.15, 0.2) is 0 Å². The third kappa shape index (κ3) is 3.86. The molecule has 0 spiro atoms. The topological polar surface area (TPSA) is 99.0 Å². The number of likely N-dealkylation sites (tertiary alicyclic amines) is 1. The monoisotopic (exact) mass is 351 g/mol. The maximum atomic E-state index is 12.8. The number of rotatable bonds is 4. The number of likely N-dealkylation sites (N-methyl/N-ethyl adjacent to an activating group) is 1. The molecule has 3 saturated heterocycles. The van der Waals surface area contributed by atoms with Gasteiger partial charge in [0.05, 0.1) is 6.54 Å². The first kappa shape index (κ1) is 18.3. The standard InChI is InChI=1S/C17H29N5O3/c1-11(23)16(21-7-5-12(18)6-8-21)19-17(25)14-4-3-13-9-20(2)10-15(24)22(13)14/h12-14,16H,3-10,18H2,1-2H3,(H,19,25). The average molecular weight is 351 g/mol. The number of carbonyl (C=O) groups is 3. The van der Waals surface area contributed by atoms with Crippen LogP contribution in [0.25, 0.3) is 0 Å². The summed E-state index contributed by atoms with van der Waals surface area (Å²) in [6.45, 7) is 4.05. The van der Waals surface area contributed by atoms with Gasteiger partial charge in [0.1, 0.15) is 12.2 Å². The van der Waals surface area contributed by atoms with Gasteiger partial charge in [-0.3, -0.25) is 24.2 Å². The summed E-state index contributed by atoms with van der Waals surface area (Å²) in [6.07, 6.45) is 2.51. The molecule has 3 unspecified atom stereocenters. The fourth-order valence-corrected chi connectivity index (χ4v) is 4.29. The van der Waals surface area contributed by atoms with Crippen LogP contribution in [0.4, 0.5) is 0 Å². The molecule has 0 aliphatic carbocycles. The van der Waals surface area contributed by atoms with Crippen LogP contribution in [0, 0.1) is 0 Å². The second-order valence-corrected chi connectivity index (χ2v) is 7.64. The number of nitrogens with two attached hydrogens (primary N) is 1. The normalized spacial score (nSPS) is 30.2. The van der Waals surface area contributed by atoms with Crippen molar-refractivity contribution in [2.45, 2.75) is 56.9 Å². The molecule has 3 rings (SSSR count). The number of ketones is 1. The molecular formula is C17H29N5O3. The minimum absolute atomic E-state index is 0.000258. The fourth-order valence-electron chi connectivity index (χ4n) is 4.29. The Morgan fingerprint density at radius 2 is 1.88 bits per heavy atom. The zero-order valence-electron chi connectivity index (χ0n) is 15.1. The van der Waals surface area contributed by atoms with E-state index in [1.54, 1.807) is 4.90 Å². The second-order valence-electron chi connectivity index (χ2n) is 7.64. The van der Waals surface area contributed by atoms with Crippen molar-refractivity contribution in [2.75, 3.05) is 33.2 Å². The number of piperazine rings is 1. The molecule has 3 aliphatic heterocycles. The highest BCUT2D eigenvalue weighted by atomic mass is 16.2.